The van der Waals surface area contributed by atoms with E-state index in [0.29, 0.717) is 12.5 Å². The monoisotopic (exact) mass is 417 g/mol. The molecule has 22 heavy (non-hydrogen) atoms. The Morgan fingerprint density at radius 1 is 1.32 bits per heavy atom. The van der Waals surface area contributed by atoms with Gasteiger partial charge in [0.2, 0.25) is 0 Å². The van der Waals surface area contributed by atoms with Gasteiger partial charge in [0.25, 0.3) is 0 Å². The van der Waals surface area contributed by atoms with Crippen molar-refractivity contribution in [3.05, 3.63) is 35.4 Å². The lowest BCUT2D eigenvalue weighted by molar-refractivity contribution is 0.203. The number of hydrogen-bond acceptors (Lipinski definition) is 2. The van der Waals surface area contributed by atoms with Gasteiger partial charge in [0, 0.05) is 32.7 Å². The van der Waals surface area contributed by atoms with Gasteiger partial charge in [-0.2, -0.15) is 0 Å². The van der Waals surface area contributed by atoms with Crippen LogP contribution in [-0.2, 0) is 11.2 Å². The third-order valence-electron chi connectivity index (χ3n) is 3.91. The second-order valence-electron chi connectivity index (χ2n) is 5.43. The lowest BCUT2D eigenvalue weighted by Crippen LogP contribution is -2.39. The summed E-state index contributed by atoms with van der Waals surface area (Å²) in [5, 5.41) is 6.59. The van der Waals surface area contributed by atoms with E-state index in [1.54, 1.807) is 7.11 Å². The van der Waals surface area contributed by atoms with Crippen LogP contribution >= 0.6 is 24.0 Å². The fraction of sp³-hybridized carbons (Fsp3) is 0.588. The van der Waals surface area contributed by atoms with Gasteiger partial charge < -0.3 is 15.4 Å². The summed E-state index contributed by atoms with van der Waals surface area (Å²) in [7, 11) is 1.71. The lowest BCUT2D eigenvalue weighted by atomic mass is 9.83. The highest BCUT2D eigenvalue weighted by molar-refractivity contribution is 14.0. The number of benzene rings is 1. The minimum absolute atomic E-state index is 0. The summed E-state index contributed by atoms with van der Waals surface area (Å²) in [6.07, 6.45) is 3.71. The molecule has 0 aliphatic heterocycles. The zero-order valence-corrected chi connectivity index (χ0v) is 15.9. The smallest absolute Gasteiger partial charge is 0.191 e. The number of guanidine groups is 1. The summed E-state index contributed by atoms with van der Waals surface area (Å²) in [6, 6.07) is 8.80. The Morgan fingerprint density at radius 2 is 2.14 bits per heavy atom. The summed E-state index contributed by atoms with van der Waals surface area (Å²) in [4.78, 5) is 4.75. The molecule has 0 heterocycles. The second kappa shape index (κ2) is 10.8. The van der Waals surface area contributed by atoms with Gasteiger partial charge in [-0.25, -0.2) is 0 Å². The van der Waals surface area contributed by atoms with Crippen molar-refractivity contribution in [2.75, 3.05) is 33.4 Å². The number of halogens is 1. The Labute approximate surface area is 151 Å². The second-order valence-corrected chi connectivity index (χ2v) is 5.43. The van der Waals surface area contributed by atoms with Crippen LogP contribution in [0.15, 0.2) is 29.3 Å². The molecular formula is C17H28IN3O. The van der Waals surface area contributed by atoms with Crippen LogP contribution in [0.5, 0.6) is 0 Å². The molecule has 2 N–H and O–H groups in total. The molecule has 0 radical (unpaired) electrons. The number of aryl methyl sites for hydroxylation is 1. The SMILES string of the molecule is CCNC(=NCC1CCCc2ccccc21)NCCOC.I. The van der Waals surface area contributed by atoms with Gasteiger partial charge in [-0.3, -0.25) is 4.99 Å². The zero-order chi connectivity index (χ0) is 14.9. The Morgan fingerprint density at radius 3 is 2.91 bits per heavy atom. The van der Waals surface area contributed by atoms with E-state index in [9.17, 15) is 0 Å². The predicted molar refractivity (Wildman–Crippen MR) is 103 cm³/mol. The number of methoxy groups -OCH3 is 1. The predicted octanol–water partition coefficient (Wildman–Crippen LogP) is 2.93. The third-order valence-corrected chi connectivity index (χ3v) is 3.91. The van der Waals surface area contributed by atoms with Crippen LogP contribution in [0, 0.1) is 0 Å². The Kier molecular flexibility index (Phi) is 9.47. The largest absolute Gasteiger partial charge is 0.383 e. The molecule has 1 aliphatic rings. The fourth-order valence-corrected chi connectivity index (χ4v) is 2.86. The minimum Gasteiger partial charge on any atom is -0.383 e. The zero-order valence-electron chi connectivity index (χ0n) is 13.6. The van der Waals surface area contributed by atoms with Crippen LogP contribution in [-0.4, -0.2) is 39.3 Å². The molecular weight excluding hydrogens is 389 g/mol. The molecule has 124 valence electrons. The highest BCUT2D eigenvalue weighted by Crippen LogP contribution is 2.31. The molecule has 0 aromatic heterocycles. The summed E-state index contributed by atoms with van der Waals surface area (Å²) in [5.41, 5.74) is 2.99. The normalized spacial score (nSPS) is 17.4. The maximum atomic E-state index is 5.07. The maximum Gasteiger partial charge on any atom is 0.191 e. The molecule has 1 aromatic carbocycles. The van der Waals surface area contributed by atoms with Crippen molar-refractivity contribution in [2.24, 2.45) is 4.99 Å². The van der Waals surface area contributed by atoms with E-state index >= 15 is 0 Å². The quantitative estimate of drug-likeness (QED) is 0.324. The molecule has 0 fully saturated rings. The van der Waals surface area contributed by atoms with Crippen LogP contribution in [0.3, 0.4) is 0 Å². The average Bonchev–Trinajstić information content (AvgIpc) is 2.53. The standard InChI is InChI=1S/C17H27N3O.HI/c1-3-18-17(19-11-12-21-2)20-13-15-9-6-8-14-7-4-5-10-16(14)15;/h4-5,7,10,15H,3,6,8-9,11-13H2,1-2H3,(H2,18,19,20);1H. The first-order valence-corrected chi connectivity index (χ1v) is 7.94. The minimum atomic E-state index is 0. The molecule has 0 spiro atoms. The van der Waals surface area contributed by atoms with E-state index in [0.717, 1.165) is 25.6 Å². The van der Waals surface area contributed by atoms with E-state index in [-0.39, 0.29) is 24.0 Å². The van der Waals surface area contributed by atoms with Crippen molar-refractivity contribution in [3.63, 3.8) is 0 Å². The van der Waals surface area contributed by atoms with Crippen molar-refractivity contribution < 1.29 is 4.74 Å². The first kappa shape index (κ1) is 19.2. The molecule has 2 rings (SSSR count). The molecule has 0 saturated carbocycles. The lowest BCUT2D eigenvalue weighted by Gasteiger charge is -2.24. The maximum absolute atomic E-state index is 5.07. The number of nitrogens with one attached hydrogen (secondary N) is 2. The van der Waals surface area contributed by atoms with E-state index < -0.39 is 0 Å². The van der Waals surface area contributed by atoms with Gasteiger partial charge in [-0.1, -0.05) is 24.3 Å². The molecule has 0 bridgehead atoms. The van der Waals surface area contributed by atoms with Gasteiger partial charge in [0.15, 0.2) is 5.96 Å². The Bertz CT molecular complexity index is 465. The number of ether oxygens (including phenoxy) is 1. The molecule has 1 unspecified atom stereocenters. The van der Waals surface area contributed by atoms with Gasteiger partial charge in [0.05, 0.1) is 6.61 Å². The molecule has 0 amide bonds. The fourth-order valence-electron chi connectivity index (χ4n) is 2.86. The molecule has 0 saturated heterocycles. The number of rotatable bonds is 6. The molecule has 4 nitrogen and oxygen atoms in total. The van der Waals surface area contributed by atoms with Crippen molar-refractivity contribution in [2.45, 2.75) is 32.1 Å². The van der Waals surface area contributed by atoms with Gasteiger partial charge in [-0.15, -0.1) is 24.0 Å². The van der Waals surface area contributed by atoms with Crippen LogP contribution < -0.4 is 10.6 Å². The van der Waals surface area contributed by atoms with Crippen LogP contribution in [0.2, 0.25) is 0 Å². The third kappa shape index (κ3) is 5.76. The number of fused-ring (bicyclic) bond motifs is 1. The van der Waals surface area contributed by atoms with Gasteiger partial charge >= 0.3 is 0 Å². The summed E-state index contributed by atoms with van der Waals surface area (Å²) < 4.78 is 5.07. The molecule has 1 atom stereocenters. The van der Waals surface area contributed by atoms with E-state index in [1.807, 2.05) is 0 Å². The summed E-state index contributed by atoms with van der Waals surface area (Å²) in [6.45, 7) is 5.28. The number of hydrogen-bond donors (Lipinski definition) is 2. The number of nitrogens with zero attached hydrogens (tertiary/aromatic N) is 1. The topological polar surface area (TPSA) is 45.7 Å². The van der Waals surface area contributed by atoms with Crippen molar-refractivity contribution in [3.8, 4) is 0 Å². The van der Waals surface area contributed by atoms with E-state index in [4.69, 9.17) is 9.73 Å². The molecule has 5 heteroatoms. The highest BCUT2D eigenvalue weighted by atomic mass is 127. The number of aliphatic imine (C=N–C) groups is 1. The van der Waals surface area contributed by atoms with Crippen molar-refractivity contribution in [1.29, 1.82) is 0 Å². The van der Waals surface area contributed by atoms with Gasteiger partial charge in [0.1, 0.15) is 0 Å². The van der Waals surface area contributed by atoms with E-state index in [2.05, 4.69) is 41.8 Å². The van der Waals surface area contributed by atoms with Crippen molar-refractivity contribution >= 4 is 29.9 Å². The summed E-state index contributed by atoms with van der Waals surface area (Å²) in [5.74, 6) is 1.44. The Balaban J connectivity index is 0.00000242. The highest BCUT2D eigenvalue weighted by Gasteiger charge is 2.19. The molecule has 1 aromatic rings. The summed E-state index contributed by atoms with van der Waals surface area (Å²) >= 11 is 0. The van der Waals surface area contributed by atoms with Crippen molar-refractivity contribution in [1.82, 2.24) is 10.6 Å². The van der Waals surface area contributed by atoms with E-state index in [1.165, 1.54) is 30.4 Å². The van der Waals surface area contributed by atoms with Gasteiger partial charge in [-0.05, 0) is 37.3 Å². The molecule has 1 aliphatic carbocycles. The van der Waals surface area contributed by atoms with Crippen LogP contribution in [0.25, 0.3) is 0 Å². The first-order valence-electron chi connectivity index (χ1n) is 7.94. The average molecular weight is 417 g/mol. The first-order chi connectivity index (χ1) is 10.3. The Hall–Kier alpha value is -0.820. The van der Waals surface area contributed by atoms with Crippen LogP contribution in [0.4, 0.5) is 0 Å². The van der Waals surface area contributed by atoms with Crippen LogP contribution in [0.1, 0.15) is 36.8 Å².